The Labute approximate surface area is 195 Å². The fourth-order valence-corrected chi connectivity index (χ4v) is 3.84. The standard InChI is InChI=1S/C18H19F3N6O7S/c19-18(20,21)34-10-3-1-9(2-4-10)5-22-15-12-16(24-7-23-15)27(8-25-12)17-14(29)13(28)11(33-17)6-26-35(30,31)32/h1-4,7-8,11,13-14,17,26,28-29H,5-6H2,(H,22,23,24)(H,30,31,32)/p-1/t11-,13-,14-,17-/m1/s1. The van der Waals surface area contributed by atoms with E-state index in [9.17, 15) is 36.4 Å². The van der Waals surface area contributed by atoms with Gasteiger partial charge in [0.15, 0.2) is 33.5 Å². The summed E-state index contributed by atoms with van der Waals surface area (Å²) in [4.78, 5) is 12.4. The monoisotopic (exact) mass is 519 g/mol. The number of nitrogens with one attached hydrogen (secondary N) is 2. The number of aliphatic hydroxyl groups is 2. The zero-order valence-corrected chi connectivity index (χ0v) is 18.3. The van der Waals surface area contributed by atoms with Crippen LogP contribution in [-0.4, -0.2) is 73.9 Å². The molecule has 4 atom stereocenters. The highest BCUT2D eigenvalue weighted by molar-refractivity contribution is 7.83. The molecule has 1 aliphatic rings. The number of aromatic nitrogens is 4. The van der Waals surface area contributed by atoms with E-state index in [1.165, 1.54) is 41.5 Å². The number of rotatable bonds is 8. The van der Waals surface area contributed by atoms with E-state index < -0.39 is 47.8 Å². The maximum absolute atomic E-state index is 12.3. The van der Waals surface area contributed by atoms with Gasteiger partial charge in [-0.2, -0.15) is 0 Å². The van der Waals surface area contributed by atoms with Gasteiger partial charge in [0.05, 0.1) is 6.33 Å². The average Bonchev–Trinajstić information content (AvgIpc) is 3.32. The molecule has 4 rings (SSSR count). The Hall–Kier alpha value is -3.09. The summed E-state index contributed by atoms with van der Waals surface area (Å²) in [7, 11) is -4.78. The third-order valence-electron chi connectivity index (χ3n) is 5.05. The summed E-state index contributed by atoms with van der Waals surface area (Å²) in [6, 6.07) is 5.21. The molecule has 0 unspecified atom stereocenters. The van der Waals surface area contributed by atoms with Crippen LogP contribution in [0.15, 0.2) is 36.9 Å². The van der Waals surface area contributed by atoms with E-state index in [4.69, 9.17) is 4.74 Å². The largest absolute Gasteiger partial charge is 0.735 e. The zero-order valence-electron chi connectivity index (χ0n) is 17.5. The van der Waals surface area contributed by atoms with E-state index in [1.807, 2.05) is 0 Å². The van der Waals surface area contributed by atoms with Crippen molar-refractivity contribution in [2.45, 2.75) is 37.4 Å². The van der Waals surface area contributed by atoms with Gasteiger partial charge in [0.2, 0.25) is 0 Å². The van der Waals surface area contributed by atoms with E-state index in [1.54, 1.807) is 4.72 Å². The summed E-state index contributed by atoms with van der Waals surface area (Å²) >= 11 is 0. The molecule has 0 bridgehead atoms. The number of alkyl halides is 3. The van der Waals surface area contributed by atoms with Crippen LogP contribution in [0.25, 0.3) is 11.2 Å². The number of hydrogen-bond acceptors (Lipinski definition) is 11. The molecule has 1 fully saturated rings. The Balaban J connectivity index is 1.47. The van der Waals surface area contributed by atoms with Crippen molar-refractivity contribution in [2.75, 3.05) is 11.9 Å². The van der Waals surface area contributed by atoms with Crippen LogP contribution in [-0.2, 0) is 21.6 Å². The number of anilines is 1. The Kier molecular flexibility index (Phi) is 6.80. The molecule has 190 valence electrons. The first-order valence-corrected chi connectivity index (χ1v) is 11.3. The number of benzene rings is 1. The molecular formula is C18H18F3N6O7S-. The average molecular weight is 519 g/mol. The smallest absolute Gasteiger partial charge is 0.573 e. The molecule has 0 saturated carbocycles. The van der Waals surface area contributed by atoms with Gasteiger partial charge in [-0.1, -0.05) is 12.1 Å². The lowest BCUT2D eigenvalue weighted by Gasteiger charge is -2.17. The maximum atomic E-state index is 12.3. The number of aliphatic hydroxyl groups excluding tert-OH is 2. The molecule has 4 N–H and O–H groups in total. The van der Waals surface area contributed by atoms with Crippen molar-refractivity contribution in [2.24, 2.45) is 0 Å². The van der Waals surface area contributed by atoms with E-state index in [0.717, 1.165) is 0 Å². The summed E-state index contributed by atoms with van der Waals surface area (Å²) in [5.41, 5.74) is 1.09. The predicted molar refractivity (Wildman–Crippen MR) is 109 cm³/mol. The van der Waals surface area contributed by atoms with Gasteiger partial charge >= 0.3 is 6.36 Å². The fourth-order valence-electron chi connectivity index (χ4n) is 3.47. The molecular weight excluding hydrogens is 501 g/mol. The van der Waals surface area contributed by atoms with Crippen molar-refractivity contribution in [1.82, 2.24) is 24.2 Å². The number of hydrogen-bond donors (Lipinski definition) is 4. The Morgan fingerprint density at radius 1 is 1.14 bits per heavy atom. The number of imidazole rings is 1. The lowest BCUT2D eigenvalue weighted by molar-refractivity contribution is -0.274. The van der Waals surface area contributed by atoms with Gasteiger partial charge in [-0.25, -0.2) is 28.1 Å². The van der Waals surface area contributed by atoms with Crippen molar-refractivity contribution in [3.8, 4) is 5.75 Å². The van der Waals surface area contributed by atoms with Crippen LogP contribution in [0.3, 0.4) is 0 Å². The van der Waals surface area contributed by atoms with Crippen LogP contribution < -0.4 is 14.8 Å². The molecule has 3 aromatic rings. The van der Waals surface area contributed by atoms with Crippen molar-refractivity contribution >= 4 is 27.3 Å². The SMILES string of the molecule is O=S(=O)([O-])NC[C@H]1O[C@@H](n2cnc3c(NCc4ccc(OC(F)(F)F)cc4)ncnc32)[C@H](O)[C@@H]1O. The molecule has 3 heterocycles. The van der Waals surface area contributed by atoms with Gasteiger partial charge in [0.1, 0.15) is 30.4 Å². The van der Waals surface area contributed by atoms with Crippen LogP contribution in [0.1, 0.15) is 11.8 Å². The van der Waals surface area contributed by atoms with Gasteiger partial charge in [-0.15, -0.1) is 13.2 Å². The minimum atomic E-state index is -4.79. The van der Waals surface area contributed by atoms with E-state index in [-0.39, 0.29) is 29.3 Å². The van der Waals surface area contributed by atoms with E-state index >= 15 is 0 Å². The van der Waals surface area contributed by atoms with Crippen LogP contribution in [0.2, 0.25) is 0 Å². The minimum Gasteiger partial charge on any atom is -0.735 e. The topological polar surface area (TPSA) is 184 Å². The first-order valence-electron chi connectivity index (χ1n) is 9.89. The zero-order chi connectivity index (χ0) is 25.4. The second kappa shape index (κ2) is 9.51. The predicted octanol–water partition coefficient (Wildman–Crippen LogP) is 0.00600. The molecule has 35 heavy (non-hydrogen) atoms. The minimum absolute atomic E-state index is 0.171. The van der Waals surface area contributed by atoms with Crippen molar-refractivity contribution < 1.29 is 45.8 Å². The summed E-state index contributed by atoms with van der Waals surface area (Å²) in [6.45, 7) is -0.383. The lowest BCUT2D eigenvalue weighted by atomic mass is 10.1. The molecule has 17 heteroatoms. The second-order valence-corrected chi connectivity index (χ2v) is 8.64. The highest BCUT2D eigenvalue weighted by atomic mass is 32.2. The molecule has 1 saturated heterocycles. The highest BCUT2D eigenvalue weighted by Gasteiger charge is 2.44. The third-order valence-corrected chi connectivity index (χ3v) is 5.57. The molecule has 0 aliphatic carbocycles. The maximum Gasteiger partial charge on any atom is 0.573 e. The van der Waals surface area contributed by atoms with E-state index in [2.05, 4.69) is 25.0 Å². The first-order chi connectivity index (χ1) is 16.4. The van der Waals surface area contributed by atoms with Gasteiger partial charge in [-0.3, -0.25) is 4.57 Å². The molecule has 2 aromatic heterocycles. The van der Waals surface area contributed by atoms with Crippen LogP contribution in [0.4, 0.5) is 19.0 Å². The highest BCUT2D eigenvalue weighted by Crippen LogP contribution is 2.32. The van der Waals surface area contributed by atoms with Gasteiger partial charge in [0.25, 0.3) is 0 Å². The number of fused-ring (bicyclic) bond motifs is 1. The fraction of sp³-hybridized carbons (Fsp3) is 0.389. The lowest BCUT2D eigenvalue weighted by Crippen LogP contribution is -2.39. The Morgan fingerprint density at radius 3 is 2.51 bits per heavy atom. The second-order valence-electron chi connectivity index (χ2n) is 7.44. The summed E-state index contributed by atoms with van der Waals surface area (Å²) < 4.78 is 81.5. The van der Waals surface area contributed by atoms with Crippen molar-refractivity contribution in [3.05, 3.63) is 42.5 Å². The molecule has 13 nitrogen and oxygen atoms in total. The van der Waals surface area contributed by atoms with Crippen LogP contribution in [0.5, 0.6) is 5.75 Å². The number of nitrogens with zero attached hydrogens (tertiary/aromatic N) is 4. The molecule has 1 aliphatic heterocycles. The summed E-state index contributed by atoms with van der Waals surface area (Å²) in [5, 5.41) is 23.6. The van der Waals surface area contributed by atoms with Crippen LogP contribution >= 0.6 is 0 Å². The molecule has 1 aromatic carbocycles. The van der Waals surface area contributed by atoms with Crippen molar-refractivity contribution in [1.29, 1.82) is 0 Å². The third kappa shape index (κ3) is 5.95. The summed E-state index contributed by atoms with van der Waals surface area (Å²) in [6.07, 6.45) is -7.71. The quantitative estimate of drug-likeness (QED) is 0.294. The summed E-state index contributed by atoms with van der Waals surface area (Å²) in [5.74, 6) is -0.0869. The molecule has 0 spiro atoms. The molecule has 0 radical (unpaired) electrons. The van der Waals surface area contributed by atoms with Gasteiger partial charge in [-0.05, 0) is 17.7 Å². The van der Waals surface area contributed by atoms with Gasteiger partial charge in [0, 0.05) is 13.1 Å². The molecule has 0 amide bonds. The van der Waals surface area contributed by atoms with Gasteiger partial charge < -0.3 is 29.6 Å². The Morgan fingerprint density at radius 2 is 1.86 bits per heavy atom. The van der Waals surface area contributed by atoms with Crippen LogP contribution in [0, 0.1) is 0 Å². The number of ether oxygens (including phenoxy) is 2. The Bertz CT molecular complexity index is 1290. The number of halogens is 3. The first kappa shape index (κ1) is 25.0. The normalized spacial score (nSPS) is 23.0. The van der Waals surface area contributed by atoms with Crippen molar-refractivity contribution in [3.63, 3.8) is 0 Å². The van der Waals surface area contributed by atoms with E-state index in [0.29, 0.717) is 5.56 Å².